The van der Waals surface area contributed by atoms with Gasteiger partial charge in [0.25, 0.3) is 0 Å². The minimum Gasteiger partial charge on any atom is -0.324 e. The van der Waals surface area contributed by atoms with Gasteiger partial charge in [-0.2, -0.15) is 13.2 Å². The normalized spacial score (nSPS) is 13.1. The molecule has 0 unspecified atom stereocenters. The van der Waals surface area contributed by atoms with E-state index in [0.29, 0.717) is 11.1 Å². The van der Waals surface area contributed by atoms with Gasteiger partial charge >= 0.3 is 6.18 Å². The van der Waals surface area contributed by atoms with Gasteiger partial charge in [0.2, 0.25) is 0 Å². The summed E-state index contributed by atoms with van der Waals surface area (Å²) in [6.07, 6.45) is -5.33. The Bertz CT molecular complexity index is 332. The molecule has 2 N–H and O–H groups in total. The monoisotopic (exact) mass is 273 g/mol. The number of hydrogen-bond donors (Lipinski definition) is 1. The Morgan fingerprint density at radius 3 is 2.38 bits per heavy atom. The predicted molar refractivity (Wildman–Crippen MR) is 61.0 cm³/mol. The van der Waals surface area contributed by atoms with Crippen molar-refractivity contribution in [1.82, 2.24) is 0 Å². The van der Waals surface area contributed by atoms with Crippen LogP contribution in [0.15, 0.2) is 18.2 Å². The largest absolute Gasteiger partial charge is 0.390 e. The van der Waals surface area contributed by atoms with Gasteiger partial charge < -0.3 is 5.73 Å². The molecule has 0 fully saturated rings. The molecule has 1 atom stereocenters. The van der Waals surface area contributed by atoms with Crippen molar-refractivity contribution in [3.8, 4) is 0 Å². The molecule has 1 rings (SSSR count). The first-order chi connectivity index (χ1) is 6.81. The van der Waals surface area contributed by atoms with Crippen molar-refractivity contribution < 1.29 is 13.2 Å². The number of benzene rings is 1. The summed E-state index contributed by atoms with van der Waals surface area (Å²) in [6.45, 7) is 1.69. The summed E-state index contributed by atoms with van der Waals surface area (Å²) in [6, 6.07) is 3.82. The van der Waals surface area contributed by atoms with E-state index in [4.69, 9.17) is 17.3 Å². The first kappa shape index (κ1) is 15.5. The van der Waals surface area contributed by atoms with Crippen LogP contribution in [-0.4, -0.2) is 6.18 Å². The number of halogens is 5. The molecule has 0 aliphatic heterocycles. The Kier molecular flexibility index (Phi) is 5.59. The summed E-state index contributed by atoms with van der Waals surface area (Å²) >= 11 is 5.81. The molecule has 0 saturated carbocycles. The van der Waals surface area contributed by atoms with Crippen LogP contribution in [0.2, 0.25) is 5.02 Å². The first-order valence-corrected chi connectivity index (χ1v) is 4.76. The maximum Gasteiger partial charge on any atom is 0.390 e. The molecular formula is C10H12Cl2F3N. The summed E-state index contributed by atoms with van der Waals surface area (Å²) in [5.41, 5.74) is 6.53. The van der Waals surface area contributed by atoms with Crippen LogP contribution in [0.5, 0.6) is 0 Å². The van der Waals surface area contributed by atoms with Gasteiger partial charge in [-0.1, -0.05) is 23.7 Å². The zero-order valence-corrected chi connectivity index (χ0v) is 10.1. The average molecular weight is 274 g/mol. The topological polar surface area (TPSA) is 26.0 Å². The minimum absolute atomic E-state index is 0. The van der Waals surface area contributed by atoms with Gasteiger partial charge in [0.1, 0.15) is 0 Å². The fraction of sp³-hybridized carbons (Fsp3) is 0.400. The van der Waals surface area contributed by atoms with E-state index in [9.17, 15) is 13.2 Å². The molecule has 0 bridgehead atoms. The van der Waals surface area contributed by atoms with E-state index in [1.165, 1.54) is 0 Å². The number of aryl methyl sites for hydroxylation is 1. The van der Waals surface area contributed by atoms with Crippen LogP contribution in [0.1, 0.15) is 23.6 Å². The van der Waals surface area contributed by atoms with E-state index in [1.807, 2.05) is 0 Å². The van der Waals surface area contributed by atoms with Gasteiger partial charge in [0, 0.05) is 11.1 Å². The van der Waals surface area contributed by atoms with Crippen LogP contribution in [0.4, 0.5) is 13.2 Å². The van der Waals surface area contributed by atoms with Gasteiger partial charge in [0.05, 0.1) is 6.42 Å². The van der Waals surface area contributed by atoms with E-state index in [2.05, 4.69) is 0 Å². The van der Waals surface area contributed by atoms with Gasteiger partial charge in [0.15, 0.2) is 0 Å². The first-order valence-electron chi connectivity index (χ1n) is 4.38. The lowest BCUT2D eigenvalue weighted by Gasteiger charge is -2.17. The van der Waals surface area contributed by atoms with Crippen molar-refractivity contribution in [3.63, 3.8) is 0 Å². The SMILES string of the molecule is Cc1cccc(Cl)c1[C@H](N)CC(F)(F)F.Cl. The molecular weight excluding hydrogens is 262 g/mol. The highest BCUT2D eigenvalue weighted by molar-refractivity contribution is 6.31. The fourth-order valence-electron chi connectivity index (χ4n) is 1.47. The van der Waals surface area contributed by atoms with Crippen LogP contribution in [0, 0.1) is 6.92 Å². The third-order valence-corrected chi connectivity index (χ3v) is 2.42. The molecule has 92 valence electrons. The molecule has 0 amide bonds. The van der Waals surface area contributed by atoms with Crippen LogP contribution in [0.25, 0.3) is 0 Å². The summed E-state index contributed by atoms with van der Waals surface area (Å²) in [4.78, 5) is 0. The van der Waals surface area contributed by atoms with Gasteiger partial charge in [-0.25, -0.2) is 0 Å². The lowest BCUT2D eigenvalue weighted by Crippen LogP contribution is -2.21. The smallest absolute Gasteiger partial charge is 0.324 e. The van der Waals surface area contributed by atoms with E-state index in [1.54, 1.807) is 25.1 Å². The van der Waals surface area contributed by atoms with Crippen molar-refractivity contribution in [2.45, 2.75) is 25.6 Å². The molecule has 0 heterocycles. The van der Waals surface area contributed by atoms with Crippen LogP contribution < -0.4 is 5.73 Å². The molecule has 1 aromatic rings. The third kappa shape index (κ3) is 4.20. The standard InChI is InChI=1S/C10H11ClF3N.ClH/c1-6-3-2-4-7(11)9(6)8(15)5-10(12,13)14;/h2-4,8H,5,15H2,1H3;1H/t8-;/m1./s1. The average Bonchev–Trinajstić information content (AvgIpc) is 1.99. The zero-order valence-electron chi connectivity index (χ0n) is 8.51. The zero-order chi connectivity index (χ0) is 11.6. The summed E-state index contributed by atoms with van der Waals surface area (Å²) in [7, 11) is 0. The van der Waals surface area contributed by atoms with Crippen molar-refractivity contribution in [3.05, 3.63) is 34.3 Å². The molecule has 1 nitrogen and oxygen atoms in total. The lowest BCUT2D eigenvalue weighted by molar-refractivity contribution is -0.138. The van der Waals surface area contributed by atoms with Gasteiger partial charge in [-0.05, 0) is 24.1 Å². The highest BCUT2D eigenvalue weighted by Gasteiger charge is 2.32. The molecule has 0 spiro atoms. The van der Waals surface area contributed by atoms with Gasteiger partial charge in [-0.3, -0.25) is 0 Å². The second kappa shape index (κ2) is 5.75. The quantitative estimate of drug-likeness (QED) is 0.865. The summed E-state index contributed by atoms with van der Waals surface area (Å²) < 4.78 is 36.4. The second-order valence-corrected chi connectivity index (χ2v) is 3.80. The van der Waals surface area contributed by atoms with Crippen molar-refractivity contribution in [1.29, 1.82) is 0 Å². The fourth-order valence-corrected chi connectivity index (χ4v) is 1.83. The third-order valence-electron chi connectivity index (χ3n) is 2.09. The molecule has 0 saturated heterocycles. The van der Waals surface area contributed by atoms with E-state index in [-0.39, 0.29) is 17.4 Å². The van der Waals surface area contributed by atoms with E-state index >= 15 is 0 Å². The van der Waals surface area contributed by atoms with Crippen molar-refractivity contribution in [2.75, 3.05) is 0 Å². The number of alkyl halides is 3. The minimum atomic E-state index is -4.27. The highest BCUT2D eigenvalue weighted by atomic mass is 35.5. The highest BCUT2D eigenvalue weighted by Crippen LogP contribution is 2.32. The summed E-state index contributed by atoms with van der Waals surface area (Å²) in [5.74, 6) is 0. The Morgan fingerprint density at radius 1 is 1.38 bits per heavy atom. The van der Waals surface area contributed by atoms with Crippen LogP contribution in [0.3, 0.4) is 0 Å². The van der Waals surface area contributed by atoms with Crippen molar-refractivity contribution in [2.24, 2.45) is 5.73 Å². The number of rotatable bonds is 2. The second-order valence-electron chi connectivity index (χ2n) is 3.40. The molecule has 0 aromatic heterocycles. The van der Waals surface area contributed by atoms with Crippen molar-refractivity contribution >= 4 is 24.0 Å². The molecule has 0 aliphatic carbocycles. The molecule has 6 heteroatoms. The summed E-state index contributed by atoms with van der Waals surface area (Å²) in [5, 5.41) is 0.284. The Balaban J connectivity index is 0.00000225. The Labute approximate surface area is 103 Å². The molecule has 0 aliphatic rings. The van der Waals surface area contributed by atoms with Crippen LogP contribution in [-0.2, 0) is 0 Å². The predicted octanol–water partition coefficient (Wildman–Crippen LogP) is 4.02. The van der Waals surface area contributed by atoms with Gasteiger partial charge in [-0.15, -0.1) is 12.4 Å². The number of nitrogens with two attached hydrogens (primary N) is 1. The maximum absolute atomic E-state index is 12.1. The maximum atomic E-state index is 12.1. The Hall–Kier alpha value is -0.450. The van der Waals surface area contributed by atoms with E-state index in [0.717, 1.165) is 0 Å². The Morgan fingerprint density at radius 2 is 1.94 bits per heavy atom. The van der Waals surface area contributed by atoms with Crippen LogP contribution >= 0.6 is 24.0 Å². The molecule has 16 heavy (non-hydrogen) atoms. The lowest BCUT2D eigenvalue weighted by atomic mass is 9.99. The number of hydrogen-bond acceptors (Lipinski definition) is 1. The molecule has 0 radical (unpaired) electrons. The van der Waals surface area contributed by atoms with E-state index < -0.39 is 18.6 Å². The molecule has 1 aromatic carbocycles.